The summed E-state index contributed by atoms with van der Waals surface area (Å²) in [6, 6.07) is 14.5. The third-order valence-electron chi connectivity index (χ3n) is 3.84. The lowest BCUT2D eigenvalue weighted by molar-refractivity contribution is 0.298. The highest BCUT2D eigenvalue weighted by Gasteiger charge is 2.18. The first-order valence-corrected chi connectivity index (χ1v) is 7.02. The summed E-state index contributed by atoms with van der Waals surface area (Å²) in [4.78, 5) is 11.3. The number of aromatic nitrogens is 2. The molecule has 1 aliphatic rings. The molecular formula is C17H15N3O. The predicted molar refractivity (Wildman–Crippen MR) is 83.7 cm³/mol. The van der Waals surface area contributed by atoms with E-state index < -0.39 is 0 Å². The van der Waals surface area contributed by atoms with E-state index in [0.29, 0.717) is 18.3 Å². The smallest absolute Gasteiger partial charge is 0.241 e. The van der Waals surface area contributed by atoms with E-state index in [4.69, 9.17) is 4.74 Å². The van der Waals surface area contributed by atoms with Gasteiger partial charge in [-0.1, -0.05) is 42.5 Å². The molecule has 0 fully saturated rings. The first-order valence-electron chi connectivity index (χ1n) is 7.02. The summed E-state index contributed by atoms with van der Waals surface area (Å²) < 4.78 is 5.68. The molecule has 0 spiro atoms. The molecule has 0 atom stereocenters. The molecule has 4 heteroatoms. The molecule has 2 aromatic carbocycles. The van der Waals surface area contributed by atoms with Gasteiger partial charge in [-0.05, 0) is 10.8 Å². The first-order chi connectivity index (χ1) is 10.3. The van der Waals surface area contributed by atoms with Crippen molar-refractivity contribution in [3.63, 3.8) is 0 Å². The summed E-state index contributed by atoms with van der Waals surface area (Å²) in [5, 5.41) is 2.35. The van der Waals surface area contributed by atoms with Crippen molar-refractivity contribution in [1.29, 1.82) is 0 Å². The molecule has 4 rings (SSSR count). The van der Waals surface area contributed by atoms with Gasteiger partial charge in [0.05, 0.1) is 12.7 Å². The number of hydrogen-bond acceptors (Lipinski definition) is 4. The lowest BCUT2D eigenvalue weighted by Gasteiger charge is -2.26. The number of fused-ring (bicyclic) bond motifs is 2. The van der Waals surface area contributed by atoms with Crippen LogP contribution in [-0.4, -0.2) is 30.2 Å². The molecule has 21 heavy (non-hydrogen) atoms. The van der Waals surface area contributed by atoms with Crippen LogP contribution in [-0.2, 0) is 0 Å². The summed E-state index contributed by atoms with van der Waals surface area (Å²) in [7, 11) is 2.03. The molecule has 0 saturated heterocycles. The van der Waals surface area contributed by atoms with Gasteiger partial charge in [-0.3, -0.25) is 0 Å². The molecule has 2 heterocycles. The Morgan fingerprint density at radius 3 is 2.90 bits per heavy atom. The van der Waals surface area contributed by atoms with E-state index >= 15 is 0 Å². The monoisotopic (exact) mass is 277 g/mol. The Morgan fingerprint density at radius 1 is 1.10 bits per heavy atom. The number of nitrogens with zero attached hydrogens (tertiary/aromatic N) is 3. The second-order valence-corrected chi connectivity index (χ2v) is 5.18. The van der Waals surface area contributed by atoms with Gasteiger partial charge in [0.1, 0.15) is 12.3 Å². The Morgan fingerprint density at radius 2 is 1.95 bits per heavy atom. The van der Waals surface area contributed by atoms with Crippen LogP contribution in [0.4, 0.5) is 5.69 Å². The second-order valence-electron chi connectivity index (χ2n) is 5.18. The number of anilines is 1. The van der Waals surface area contributed by atoms with Crippen LogP contribution in [0.25, 0.3) is 22.2 Å². The van der Waals surface area contributed by atoms with Crippen LogP contribution in [0.1, 0.15) is 0 Å². The first kappa shape index (κ1) is 12.1. The Bertz CT molecular complexity index is 811. The molecule has 0 radical (unpaired) electrons. The average molecular weight is 277 g/mol. The van der Waals surface area contributed by atoms with Crippen LogP contribution >= 0.6 is 0 Å². The summed E-state index contributed by atoms with van der Waals surface area (Å²) >= 11 is 0. The van der Waals surface area contributed by atoms with E-state index in [9.17, 15) is 0 Å². The van der Waals surface area contributed by atoms with Gasteiger partial charge >= 0.3 is 0 Å². The van der Waals surface area contributed by atoms with Crippen LogP contribution in [0.5, 0.6) is 5.88 Å². The maximum atomic E-state index is 5.68. The normalized spacial score (nSPS) is 13.9. The van der Waals surface area contributed by atoms with Crippen molar-refractivity contribution in [3.05, 3.63) is 48.7 Å². The van der Waals surface area contributed by atoms with E-state index in [1.54, 1.807) is 0 Å². The topological polar surface area (TPSA) is 38.2 Å². The van der Waals surface area contributed by atoms with Gasteiger partial charge in [0.25, 0.3) is 0 Å². The largest absolute Gasteiger partial charge is 0.474 e. The second kappa shape index (κ2) is 4.74. The predicted octanol–water partition coefficient (Wildman–Crippen LogP) is 3.13. The molecule has 3 aromatic rings. The molecule has 4 nitrogen and oxygen atoms in total. The van der Waals surface area contributed by atoms with Gasteiger partial charge in [0, 0.05) is 12.6 Å². The molecule has 1 aromatic heterocycles. The van der Waals surface area contributed by atoms with E-state index in [-0.39, 0.29) is 0 Å². The quantitative estimate of drug-likeness (QED) is 0.685. The highest BCUT2D eigenvalue weighted by atomic mass is 16.5. The van der Waals surface area contributed by atoms with Crippen molar-refractivity contribution in [2.24, 2.45) is 0 Å². The van der Waals surface area contributed by atoms with Crippen LogP contribution in [0.2, 0.25) is 0 Å². The minimum absolute atomic E-state index is 0.662. The molecule has 0 unspecified atom stereocenters. The van der Waals surface area contributed by atoms with Gasteiger partial charge in [-0.25, -0.2) is 4.98 Å². The fourth-order valence-electron chi connectivity index (χ4n) is 2.68. The fraction of sp³-hybridized carbons (Fsp3) is 0.176. The molecule has 0 aliphatic carbocycles. The maximum Gasteiger partial charge on any atom is 0.241 e. The van der Waals surface area contributed by atoms with Gasteiger partial charge < -0.3 is 9.64 Å². The zero-order valence-corrected chi connectivity index (χ0v) is 11.8. The van der Waals surface area contributed by atoms with Crippen LogP contribution in [0.15, 0.2) is 48.7 Å². The zero-order valence-electron chi connectivity index (χ0n) is 11.8. The van der Waals surface area contributed by atoms with Crippen LogP contribution < -0.4 is 9.64 Å². The summed E-state index contributed by atoms with van der Waals surface area (Å²) in [5.74, 6) is 1.38. The SMILES string of the molecule is CN1CCOc2nc(-c3cccc4ccccc34)ncc21. The van der Waals surface area contributed by atoms with Gasteiger partial charge in [0.15, 0.2) is 5.82 Å². The van der Waals surface area contributed by atoms with Crippen LogP contribution in [0.3, 0.4) is 0 Å². The maximum absolute atomic E-state index is 5.68. The summed E-state index contributed by atoms with van der Waals surface area (Å²) in [6.45, 7) is 1.53. The molecule has 1 aliphatic heterocycles. The lowest BCUT2D eigenvalue weighted by Crippen LogP contribution is -2.29. The van der Waals surface area contributed by atoms with Crippen molar-refractivity contribution >= 4 is 16.5 Å². The van der Waals surface area contributed by atoms with E-state index in [0.717, 1.165) is 23.2 Å². The van der Waals surface area contributed by atoms with Crippen molar-refractivity contribution in [2.75, 3.05) is 25.1 Å². The van der Waals surface area contributed by atoms with Gasteiger partial charge in [0.2, 0.25) is 5.88 Å². The van der Waals surface area contributed by atoms with Crippen LogP contribution in [0, 0.1) is 0 Å². The Balaban J connectivity index is 1.89. The van der Waals surface area contributed by atoms with Crippen molar-refractivity contribution < 1.29 is 4.74 Å². The zero-order chi connectivity index (χ0) is 14.2. The Hall–Kier alpha value is -2.62. The Labute approximate surface area is 123 Å². The summed E-state index contributed by atoms with van der Waals surface area (Å²) in [5.41, 5.74) is 1.98. The number of hydrogen-bond donors (Lipinski definition) is 0. The minimum atomic E-state index is 0.662. The molecule has 0 saturated carbocycles. The highest BCUT2D eigenvalue weighted by Crippen LogP contribution is 2.32. The lowest BCUT2D eigenvalue weighted by atomic mass is 10.0. The molecule has 0 bridgehead atoms. The van der Waals surface area contributed by atoms with Gasteiger partial charge in [-0.15, -0.1) is 0 Å². The van der Waals surface area contributed by atoms with Gasteiger partial charge in [-0.2, -0.15) is 4.98 Å². The van der Waals surface area contributed by atoms with E-state index in [1.807, 2.05) is 31.4 Å². The number of ether oxygens (including phenoxy) is 1. The molecule has 0 amide bonds. The third-order valence-corrected chi connectivity index (χ3v) is 3.84. The summed E-state index contributed by atoms with van der Waals surface area (Å²) in [6.07, 6.45) is 1.85. The molecular weight excluding hydrogens is 262 g/mol. The highest BCUT2D eigenvalue weighted by molar-refractivity contribution is 5.95. The minimum Gasteiger partial charge on any atom is -0.474 e. The Kier molecular flexibility index (Phi) is 2.74. The molecule has 104 valence electrons. The number of likely N-dealkylation sites (N-methyl/N-ethyl adjacent to an activating group) is 1. The van der Waals surface area contributed by atoms with E-state index in [2.05, 4.69) is 39.1 Å². The molecule has 0 N–H and O–H groups in total. The number of benzene rings is 2. The third kappa shape index (κ3) is 2.00. The average Bonchev–Trinajstić information content (AvgIpc) is 2.54. The van der Waals surface area contributed by atoms with E-state index in [1.165, 1.54) is 5.39 Å². The number of rotatable bonds is 1. The van der Waals surface area contributed by atoms with Crippen molar-refractivity contribution in [1.82, 2.24) is 9.97 Å². The van der Waals surface area contributed by atoms with Crippen molar-refractivity contribution in [2.45, 2.75) is 0 Å². The fourth-order valence-corrected chi connectivity index (χ4v) is 2.68. The van der Waals surface area contributed by atoms with Crippen molar-refractivity contribution in [3.8, 4) is 17.3 Å². The standard InChI is InChI=1S/C17H15N3O/c1-20-9-10-21-17-15(20)11-18-16(19-17)14-8-4-6-12-5-2-3-7-13(12)14/h2-8,11H,9-10H2,1H3.